The molecular weight excluding hydrogens is 412 g/mol. The first-order valence-corrected chi connectivity index (χ1v) is 11.6. The van der Waals surface area contributed by atoms with E-state index in [4.69, 9.17) is 9.72 Å². The van der Waals surface area contributed by atoms with Gasteiger partial charge in [-0.2, -0.15) is 5.10 Å². The Labute approximate surface area is 195 Å². The molecule has 4 aromatic rings. The van der Waals surface area contributed by atoms with Crippen molar-refractivity contribution in [1.82, 2.24) is 29.0 Å². The van der Waals surface area contributed by atoms with Gasteiger partial charge in [-0.05, 0) is 62.9 Å². The van der Waals surface area contributed by atoms with Gasteiger partial charge in [-0.25, -0.2) is 4.98 Å². The number of nitrogens with zero attached hydrogens (tertiary/aromatic N) is 6. The molecule has 1 aliphatic rings. The predicted molar refractivity (Wildman–Crippen MR) is 130 cm³/mol. The van der Waals surface area contributed by atoms with Gasteiger partial charge in [0.1, 0.15) is 11.4 Å². The van der Waals surface area contributed by atoms with Crippen LogP contribution in [0.25, 0.3) is 16.9 Å². The molecule has 0 amide bonds. The van der Waals surface area contributed by atoms with Crippen LogP contribution in [-0.2, 0) is 6.54 Å². The molecule has 4 heterocycles. The third kappa shape index (κ3) is 4.38. The molecule has 33 heavy (non-hydrogen) atoms. The van der Waals surface area contributed by atoms with Gasteiger partial charge in [0.15, 0.2) is 0 Å². The van der Waals surface area contributed by atoms with E-state index in [1.165, 1.54) is 5.56 Å². The standard InChI is InChI=1S/C26H32N6O/c1-19(2)32-16-20(14-27-32)15-30-13-12-29(3)25(18-30)23-17-31-24(6-5-7-26(31)28-23)21-8-10-22(33-4)11-9-21/h5-11,14,16-17,19,25H,12-13,15,18H2,1-4H3/t25-/m1/s1. The van der Waals surface area contributed by atoms with E-state index in [2.05, 4.69) is 82.9 Å². The fraction of sp³-hybridized carbons (Fsp3) is 0.385. The molecule has 0 unspecified atom stereocenters. The number of likely N-dealkylation sites (N-methyl/N-ethyl adjacent to an activating group) is 1. The molecule has 0 spiro atoms. The molecule has 0 radical (unpaired) electrons. The largest absolute Gasteiger partial charge is 0.497 e. The van der Waals surface area contributed by atoms with E-state index in [0.29, 0.717) is 6.04 Å². The normalized spacial score (nSPS) is 17.8. The minimum absolute atomic E-state index is 0.252. The maximum Gasteiger partial charge on any atom is 0.137 e. The van der Waals surface area contributed by atoms with E-state index in [-0.39, 0.29) is 6.04 Å². The van der Waals surface area contributed by atoms with Crippen molar-refractivity contribution in [2.75, 3.05) is 33.8 Å². The highest BCUT2D eigenvalue weighted by molar-refractivity contribution is 5.64. The Morgan fingerprint density at radius 2 is 1.88 bits per heavy atom. The summed E-state index contributed by atoms with van der Waals surface area (Å²) in [4.78, 5) is 9.96. The first kappa shape index (κ1) is 21.7. The van der Waals surface area contributed by atoms with Crippen LogP contribution in [0.4, 0.5) is 0 Å². The zero-order chi connectivity index (χ0) is 22.9. The Kier molecular flexibility index (Phi) is 5.91. The van der Waals surface area contributed by atoms with E-state index in [1.54, 1.807) is 7.11 Å². The summed E-state index contributed by atoms with van der Waals surface area (Å²) in [5.74, 6) is 0.861. The first-order valence-electron chi connectivity index (χ1n) is 11.6. The lowest BCUT2D eigenvalue weighted by Gasteiger charge is -2.38. The summed E-state index contributed by atoms with van der Waals surface area (Å²) < 4.78 is 9.56. The molecular formula is C26H32N6O. The molecule has 172 valence electrons. The van der Waals surface area contributed by atoms with Crippen molar-refractivity contribution in [3.63, 3.8) is 0 Å². The lowest BCUT2D eigenvalue weighted by molar-refractivity contribution is 0.0885. The Balaban J connectivity index is 1.40. The van der Waals surface area contributed by atoms with Crippen LogP contribution < -0.4 is 4.74 Å². The second-order valence-corrected chi connectivity index (χ2v) is 9.19. The molecule has 7 heteroatoms. The number of imidazole rings is 1. The lowest BCUT2D eigenvalue weighted by Crippen LogP contribution is -2.46. The molecule has 1 atom stereocenters. The van der Waals surface area contributed by atoms with E-state index in [9.17, 15) is 0 Å². The number of piperazine rings is 1. The molecule has 0 saturated carbocycles. The highest BCUT2D eigenvalue weighted by Crippen LogP contribution is 2.28. The highest BCUT2D eigenvalue weighted by atomic mass is 16.5. The summed E-state index contributed by atoms with van der Waals surface area (Å²) in [6.07, 6.45) is 6.37. The van der Waals surface area contributed by atoms with Crippen LogP contribution >= 0.6 is 0 Å². The summed E-state index contributed by atoms with van der Waals surface area (Å²) in [6, 6.07) is 15.1. The van der Waals surface area contributed by atoms with Crippen LogP contribution in [0, 0.1) is 0 Å². The summed E-state index contributed by atoms with van der Waals surface area (Å²) in [5.41, 5.74) is 5.63. The maximum absolute atomic E-state index is 5.32. The zero-order valence-electron chi connectivity index (χ0n) is 19.8. The van der Waals surface area contributed by atoms with Crippen molar-refractivity contribution in [1.29, 1.82) is 0 Å². The summed E-state index contributed by atoms with van der Waals surface area (Å²) >= 11 is 0. The van der Waals surface area contributed by atoms with Gasteiger partial charge in [0, 0.05) is 50.2 Å². The van der Waals surface area contributed by atoms with Crippen molar-refractivity contribution < 1.29 is 4.74 Å². The molecule has 5 rings (SSSR count). The van der Waals surface area contributed by atoms with Gasteiger partial charge in [-0.1, -0.05) is 6.07 Å². The number of ether oxygens (including phenoxy) is 1. The summed E-state index contributed by atoms with van der Waals surface area (Å²) in [5, 5.41) is 4.51. The average Bonchev–Trinajstić information content (AvgIpc) is 3.47. The van der Waals surface area contributed by atoms with Gasteiger partial charge in [0.25, 0.3) is 0 Å². The van der Waals surface area contributed by atoms with E-state index < -0.39 is 0 Å². The average molecular weight is 445 g/mol. The van der Waals surface area contributed by atoms with E-state index in [1.807, 2.05) is 23.0 Å². The number of rotatable bonds is 6. The Morgan fingerprint density at radius 3 is 2.61 bits per heavy atom. The molecule has 1 aromatic carbocycles. The predicted octanol–water partition coefficient (Wildman–Crippen LogP) is 4.28. The van der Waals surface area contributed by atoms with Gasteiger partial charge in [0.2, 0.25) is 0 Å². The smallest absolute Gasteiger partial charge is 0.137 e. The first-order chi connectivity index (χ1) is 16.0. The number of hydrogen-bond acceptors (Lipinski definition) is 5. The number of benzene rings is 1. The fourth-order valence-corrected chi connectivity index (χ4v) is 4.58. The van der Waals surface area contributed by atoms with Gasteiger partial charge < -0.3 is 4.74 Å². The second kappa shape index (κ2) is 9.00. The second-order valence-electron chi connectivity index (χ2n) is 9.19. The van der Waals surface area contributed by atoms with Gasteiger partial charge in [0.05, 0.1) is 30.7 Å². The topological polar surface area (TPSA) is 50.8 Å². The van der Waals surface area contributed by atoms with Gasteiger partial charge in [-0.15, -0.1) is 0 Å². The SMILES string of the molecule is COc1ccc(-c2cccc3nc([C@H]4CN(Cc5cnn(C(C)C)c5)CCN4C)cn23)cc1. The Hall–Kier alpha value is -3.16. The molecule has 0 N–H and O–H groups in total. The van der Waals surface area contributed by atoms with Crippen molar-refractivity contribution in [2.45, 2.75) is 32.5 Å². The number of aromatic nitrogens is 4. The highest BCUT2D eigenvalue weighted by Gasteiger charge is 2.28. The van der Waals surface area contributed by atoms with Gasteiger partial charge in [-0.3, -0.25) is 18.9 Å². The molecule has 0 aliphatic carbocycles. The molecule has 0 bridgehead atoms. The van der Waals surface area contributed by atoms with Crippen LogP contribution in [0.5, 0.6) is 5.75 Å². The van der Waals surface area contributed by atoms with Gasteiger partial charge >= 0.3 is 0 Å². The van der Waals surface area contributed by atoms with E-state index in [0.717, 1.165) is 54.5 Å². The van der Waals surface area contributed by atoms with E-state index >= 15 is 0 Å². The van der Waals surface area contributed by atoms with Crippen molar-refractivity contribution >= 4 is 5.65 Å². The van der Waals surface area contributed by atoms with Crippen molar-refractivity contribution in [3.05, 3.63) is 72.3 Å². The summed E-state index contributed by atoms with van der Waals surface area (Å²) in [7, 11) is 3.89. The zero-order valence-corrected chi connectivity index (χ0v) is 19.8. The molecule has 1 saturated heterocycles. The number of pyridine rings is 1. The van der Waals surface area contributed by atoms with Crippen LogP contribution in [0.3, 0.4) is 0 Å². The minimum Gasteiger partial charge on any atom is -0.497 e. The van der Waals surface area contributed by atoms with Crippen molar-refractivity contribution in [2.24, 2.45) is 0 Å². The van der Waals surface area contributed by atoms with Crippen molar-refractivity contribution in [3.8, 4) is 17.0 Å². The monoisotopic (exact) mass is 444 g/mol. The van der Waals surface area contributed by atoms with Crippen LogP contribution in [0.15, 0.2) is 61.1 Å². The maximum atomic E-state index is 5.32. The third-order valence-corrected chi connectivity index (χ3v) is 6.56. The Bertz CT molecular complexity index is 1230. The van der Waals surface area contributed by atoms with Crippen LogP contribution in [-0.4, -0.2) is 62.8 Å². The quantitative estimate of drug-likeness (QED) is 0.444. The minimum atomic E-state index is 0.252. The van der Waals surface area contributed by atoms with Crippen LogP contribution in [0.1, 0.15) is 37.2 Å². The third-order valence-electron chi connectivity index (χ3n) is 6.56. The van der Waals surface area contributed by atoms with Crippen LogP contribution in [0.2, 0.25) is 0 Å². The number of methoxy groups -OCH3 is 1. The number of hydrogen-bond donors (Lipinski definition) is 0. The fourth-order valence-electron chi connectivity index (χ4n) is 4.58. The summed E-state index contributed by atoms with van der Waals surface area (Å²) in [6.45, 7) is 8.25. The molecule has 1 aliphatic heterocycles. The Morgan fingerprint density at radius 1 is 1.06 bits per heavy atom. The molecule has 1 fully saturated rings. The number of fused-ring (bicyclic) bond motifs is 1. The lowest BCUT2D eigenvalue weighted by atomic mass is 10.1. The molecule has 7 nitrogen and oxygen atoms in total. The molecule has 3 aromatic heterocycles.